The maximum Gasteiger partial charge on any atom is 0.410 e. The molecule has 0 aliphatic carbocycles. The van der Waals surface area contributed by atoms with E-state index in [1.807, 2.05) is 121 Å². The maximum absolute atomic E-state index is 13.6. The highest BCUT2D eigenvalue weighted by atomic mass is 16.6. The van der Waals surface area contributed by atoms with Crippen LogP contribution in [0.15, 0.2) is 127 Å². The van der Waals surface area contributed by atoms with Crippen LogP contribution in [-0.2, 0) is 48.4 Å². The normalized spacial score (nSPS) is 15.2. The summed E-state index contributed by atoms with van der Waals surface area (Å²) < 4.78 is 42.0. The largest absolute Gasteiger partial charge is 0.504 e. The maximum atomic E-state index is 13.6. The van der Waals surface area contributed by atoms with Gasteiger partial charge in [-0.2, -0.15) is 0 Å². The molecular formula is C54H56N2O10. The summed E-state index contributed by atoms with van der Waals surface area (Å²) in [6.07, 6.45) is 1.03. The van der Waals surface area contributed by atoms with E-state index in [0.29, 0.717) is 74.8 Å². The Labute approximate surface area is 386 Å². The Morgan fingerprint density at radius 2 is 1.09 bits per heavy atom. The van der Waals surface area contributed by atoms with Gasteiger partial charge in [-0.1, -0.05) is 84.9 Å². The number of nitrogens with zero attached hydrogens (tertiary/aromatic N) is 2. The minimum Gasteiger partial charge on any atom is -0.504 e. The molecule has 1 N–H and O–H groups in total. The van der Waals surface area contributed by atoms with Crippen molar-refractivity contribution in [2.75, 3.05) is 40.5 Å². The summed E-state index contributed by atoms with van der Waals surface area (Å²) in [5.41, 5.74) is 7.47. The second kappa shape index (κ2) is 21.1. The Hall–Kier alpha value is -7.34. The molecule has 6 aromatic carbocycles. The van der Waals surface area contributed by atoms with Gasteiger partial charge in [0.2, 0.25) is 5.75 Å². The lowest BCUT2D eigenvalue weighted by Crippen LogP contribution is -2.41. The van der Waals surface area contributed by atoms with E-state index in [-0.39, 0.29) is 24.7 Å². The fourth-order valence-corrected chi connectivity index (χ4v) is 8.82. The van der Waals surface area contributed by atoms with Gasteiger partial charge in [0.1, 0.15) is 24.7 Å². The zero-order chi connectivity index (χ0) is 46.0. The molecule has 2 heterocycles. The minimum absolute atomic E-state index is 0.147. The number of hydrogen-bond acceptors (Lipinski definition) is 10. The van der Waals surface area contributed by atoms with E-state index < -0.39 is 24.3 Å². The number of ether oxygens (including phenoxy) is 7. The number of rotatable bonds is 16. The lowest BCUT2D eigenvalue weighted by molar-refractivity contribution is 0.0856. The first-order chi connectivity index (χ1) is 32.3. The van der Waals surface area contributed by atoms with Crippen molar-refractivity contribution in [3.63, 3.8) is 0 Å². The summed E-state index contributed by atoms with van der Waals surface area (Å²) in [5.74, 6) is 2.63. The summed E-state index contributed by atoms with van der Waals surface area (Å²) in [6, 6.07) is 40.3. The van der Waals surface area contributed by atoms with Crippen LogP contribution in [0.1, 0.15) is 70.4 Å². The molecular weight excluding hydrogens is 837 g/mol. The molecule has 12 heteroatoms. The number of phenols is 1. The number of amides is 2. The highest BCUT2D eigenvalue weighted by Gasteiger charge is 2.38. The quantitative estimate of drug-likeness (QED) is 0.100. The number of aromatic hydroxyl groups is 1. The van der Waals surface area contributed by atoms with Crippen LogP contribution in [-0.4, -0.2) is 67.6 Å². The fraction of sp³-hybridized carbons (Fsp3) is 0.296. The van der Waals surface area contributed by atoms with E-state index in [1.54, 1.807) is 36.8 Å². The number of fused-ring (bicyclic) bond motifs is 2. The van der Waals surface area contributed by atoms with Crippen LogP contribution in [0, 0.1) is 0 Å². The number of benzene rings is 6. The van der Waals surface area contributed by atoms with E-state index in [4.69, 9.17) is 33.2 Å². The lowest BCUT2D eigenvalue weighted by atomic mass is 9.87. The van der Waals surface area contributed by atoms with Crippen LogP contribution < -0.4 is 23.7 Å². The van der Waals surface area contributed by atoms with Crippen LogP contribution in [0.4, 0.5) is 9.59 Å². The van der Waals surface area contributed by atoms with Crippen molar-refractivity contribution in [1.82, 2.24) is 9.80 Å². The van der Waals surface area contributed by atoms with Gasteiger partial charge in [0.15, 0.2) is 23.0 Å². The second-order valence-corrected chi connectivity index (χ2v) is 16.2. The first kappa shape index (κ1) is 45.2. The SMILES string of the molecule is CCOC(=O)N1CCc2cc(OC)c(Oc3c4c(cc(O)c3OC)C(Cc3ccc(OCc5ccccc5)cc3)N(C(=O)OCC)CC4)cc2C1Cc1ccc(OCc2ccccc2)cc1. The van der Waals surface area contributed by atoms with Gasteiger partial charge in [-0.3, -0.25) is 0 Å². The summed E-state index contributed by atoms with van der Waals surface area (Å²) in [6.45, 7) is 5.71. The molecule has 2 atom stereocenters. The van der Waals surface area contributed by atoms with Gasteiger partial charge in [-0.25, -0.2) is 9.59 Å². The van der Waals surface area contributed by atoms with Crippen LogP contribution in [0.3, 0.4) is 0 Å². The Kier molecular flexibility index (Phi) is 14.5. The van der Waals surface area contributed by atoms with E-state index in [9.17, 15) is 14.7 Å². The van der Waals surface area contributed by atoms with Crippen molar-refractivity contribution in [2.45, 2.75) is 64.8 Å². The molecule has 342 valence electrons. The molecule has 2 aliphatic heterocycles. The van der Waals surface area contributed by atoms with Crippen molar-refractivity contribution in [1.29, 1.82) is 0 Å². The highest BCUT2D eigenvalue weighted by molar-refractivity contribution is 5.72. The van der Waals surface area contributed by atoms with Gasteiger partial charge in [0.25, 0.3) is 0 Å². The topological polar surface area (TPSA) is 125 Å². The van der Waals surface area contributed by atoms with E-state index >= 15 is 0 Å². The van der Waals surface area contributed by atoms with E-state index in [1.165, 1.54) is 7.11 Å². The average molecular weight is 893 g/mol. The van der Waals surface area contributed by atoms with Crippen molar-refractivity contribution < 1.29 is 47.9 Å². The highest BCUT2D eigenvalue weighted by Crippen LogP contribution is 2.51. The van der Waals surface area contributed by atoms with Crippen LogP contribution in [0.25, 0.3) is 0 Å². The molecule has 8 rings (SSSR count). The number of carbonyl (C=O) groups is 2. The summed E-state index contributed by atoms with van der Waals surface area (Å²) >= 11 is 0. The number of carbonyl (C=O) groups excluding carboxylic acids is 2. The fourth-order valence-electron chi connectivity index (χ4n) is 8.82. The minimum atomic E-state index is -0.522. The molecule has 0 saturated carbocycles. The molecule has 0 radical (unpaired) electrons. The molecule has 0 saturated heterocycles. The van der Waals surface area contributed by atoms with Gasteiger partial charge in [0.05, 0.1) is 39.5 Å². The summed E-state index contributed by atoms with van der Waals surface area (Å²) in [4.78, 5) is 30.6. The van der Waals surface area contributed by atoms with Crippen molar-refractivity contribution in [3.05, 3.63) is 172 Å². The van der Waals surface area contributed by atoms with Crippen molar-refractivity contribution in [2.24, 2.45) is 0 Å². The third-order valence-corrected chi connectivity index (χ3v) is 12.1. The number of methoxy groups -OCH3 is 2. The molecule has 0 aromatic heterocycles. The molecule has 0 spiro atoms. The van der Waals surface area contributed by atoms with Crippen LogP contribution in [0.2, 0.25) is 0 Å². The predicted octanol–water partition coefficient (Wildman–Crippen LogP) is 11.0. The zero-order valence-electron chi connectivity index (χ0n) is 37.9. The molecule has 6 aromatic rings. The van der Waals surface area contributed by atoms with Gasteiger partial charge in [0, 0.05) is 18.7 Å². The average Bonchev–Trinajstić information content (AvgIpc) is 3.34. The van der Waals surface area contributed by atoms with Gasteiger partial charge in [-0.15, -0.1) is 0 Å². The number of hydrogen-bond donors (Lipinski definition) is 1. The Bertz CT molecular complexity index is 2590. The van der Waals surface area contributed by atoms with Gasteiger partial charge >= 0.3 is 12.2 Å². The molecule has 66 heavy (non-hydrogen) atoms. The monoisotopic (exact) mass is 892 g/mol. The summed E-state index contributed by atoms with van der Waals surface area (Å²) in [5, 5.41) is 11.7. The Morgan fingerprint density at radius 1 is 0.576 bits per heavy atom. The van der Waals surface area contributed by atoms with E-state index in [2.05, 4.69) is 0 Å². The third-order valence-electron chi connectivity index (χ3n) is 12.1. The molecule has 2 aliphatic rings. The van der Waals surface area contributed by atoms with Crippen LogP contribution in [0.5, 0.6) is 40.2 Å². The molecule has 12 nitrogen and oxygen atoms in total. The Balaban J connectivity index is 1.11. The standard InChI is InChI=1S/C54H56N2O10/c1-5-62-53(58)55-27-25-40-31-49(60-3)50(33-44(40)46(55)29-36-17-21-41(22-18-36)64-34-38-13-9-7-10-14-38)66-51-43-26-28-56(54(59)63-6-2)47(45(43)32-48(57)52(51)61-4)30-37-19-23-42(24-20-37)65-35-39-15-11-8-12-16-39/h7-24,31-33,46-47,57H,5-6,25-30,34-35H2,1-4H3. The van der Waals surface area contributed by atoms with Gasteiger partial charge in [-0.05, 0) is 121 Å². The first-order valence-electron chi connectivity index (χ1n) is 22.5. The lowest BCUT2D eigenvalue weighted by Gasteiger charge is -2.38. The van der Waals surface area contributed by atoms with E-state index in [0.717, 1.165) is 50.4 Å². The smallest absolute Gasteiger partial charge is 0.410 e. The summed E-state index contributed by atoms with van der Waals surface area (Å²) in [7, 11) is 3.07. The third kappa shape index (κ3) is 10.3. The number of phenolic OH excluding ortho intramolecular Hbond substituents is 1. The Morgan fingerprint density at radius 3 is 1.59 bits per heavy atom. The van der Waals surface area contributed by atoms with Crippen LogP contribution >= 0.6 is 0 Å². The second-order valence-electron chi connectivity index (χ2n) is 16.2. The predicted molar refractivity (Wildman–Crippen MR) is 250 cm³/mol. The van der Waals surface area contributed by atoms with Gasteiger partial charge < -0.3 is 48.1 Å². The molecule has 2 amide bonds. The molecule has 0 fully saturated rings. The molecule has 2 unspecified atom stereocenters. The first-order valence-corrected chi connectivity index (χ1v) is 22.5. The zero-order valence-corrected chi connectivity index (χ0v) is 37.9. The van der Waals surface area contributed by atoms with Crippen molar-refractivity contribution in [3.8, 4) is 40.2 Å². The van der Waals surface area contributed by atoms with Crippen molar-refractivity contribution >= 4 is 12.2 Å². The molecule has 0 bridgehead atoms.